The van der Waals surface area contributed by atoms with Crippen molar-refractivity contribution in [2.75, 3.05) is 0 Å². The van der Waals surface area contributed by atoms with Gasteiger partial charge in [-0.3, -0.25) is 19.2 Å². The Morgan fingerprint density at radius 3 is 1.29 bits per heavy atom. The highest BCUT2D eigenvalue weighted by Crippen LogP contribution is 2.72. The van der Waals surface area contributed by atoms with Crippen LogP contribution in [0.3, 0.4) is 0 Å². The predicted octanol–water partition coefficient (Wildman–Crippen LogP) is 10.7. The van der Waals surface area contributed by atoms with E-state index in [4.69, 9.17) is 0 Å². The second-order valence-electron chi connectivity index (χ2n) is 21.5. The second kappa shape index (κ2) is 12.3. The van der Waals surface area contributed by atoms with Crippen LogP contribution in [0.4, 0.5) is 0 Å². The molecule has 9 aliphatic rings. The van der Waals surface area contributed by atoms with Crippen LogP contribution in [0.2, 0.25) is 0 Å². The van der Waals surface area contributed by atoms with Gasteiger partial charge in [0.1, 0.15) is 11.6 Å². The molecule has 0 aromatic heterocycles. The number of hydrogen-bond donors (Lipinski definition) is 0. The zero-order valence-corrected chi connectivity index (χ0v) is 33.4. The Hall–Kier alpha value is -1.84. The summed E-state index contributed by atoms with van der Waals surface area (Å²) >= 11 is 0. The largest absolute Gasteiger partial charge is 0.300 e. The maximum atomic E-state index is 13.8. The van der Waals surface area contributed by atoms with E-state index in [1.165, 1.54) is 75.4 Å². The third-order valence-corrected chi connectivity index (χ3v) is 20.2. The fraction of sp³-hybridized carbons (Fsp3) is 0.833. The first kappa shape index (κ1) is 35.8. The van der Waals surface area contributed by atoms with Gasteiger partial charge in [-0.05, 0) is 197 Å². The molecule has 16 atom stereocenters. The zero-order valence-electron chi connectivity index (χ0n) is 33.4. The molecule has 4 unspecified atom stereocenters. The number of rotatable bonds is 4. The lowest BCUT2D eigenvalue weighted by Crippen LogP contribution is -2.58. The van der Waals surface area contributed by atoms with E-state index >= 15 is 0 Å². The van der Waals surface area contributed by atoms with Gasteiger partial charge >= 0.3 is 0 Å². The molecule has 4 heteroatoms. The minimum Gasteiger partial charge on any atom is -0.300 e. The molecule has 0 spiro atoms. The molecule has 0 aromatic carbocycles. The van der Waals surface area contributed by atoms with Crippen LogP contribution < -0.4 is 0 Å². The summed E-state index contributed by atoms with van der Waals surface area (Å²) in [4.78, 5) is 53.5. The number of allylic oxidation sites excluding steroid dienone is 2. The molecule has 0 N–H and O–H groups in total. The van der Waals surface area contributed by atoms with E-state index in [1.807, 2.05) is 13.8 Å². The number of carbonyl (C=O) groups excluding carboxylic acids is 4. The first-order chi connectivity index (χ1) is 24.7. The molecule has 7 saturated carbocycles. The summed E-state index contributed by atoms with van der Waals surface area (Å²) in [6.45, 7) is 13.8. The minimum absolute atomic E-state index is 0.0261. The van der Waals surface area contributed by atoms with Crippen molar-refractivity contribution in [1.29, 1.82) is 0 Å². The van der Waals surface area contributed by atoms with Crippen molar-refractivity contribution in [1.82, 2.24) is 0 Å². The number of ketones is 4. The van der Waals surface area contributed by atoms with Gasteiger partial charge in [-0.1, -0.05) is 51.7 Å². The summed E-state index contributed by atoms with van der Waals surface area (Å²) < 4.78 is 0. The summed E-state index contributed by atoms with van der Waals surface area (Å²) in [5, 5.41) is 0. The molecule has 9 rings (SSSR count). The van der Waals surface area contributed by atoms with Crippen molar-refractivity contribution < 1.29 is 19.2 Å². The van der Waals surface area contributed by atoms with Gasteiger partial charge in [-0.2, -0.15) is 0 Å². The topological polar surface area (TPSA) is 68.3 Å². The highest BCUT2D eigenvalue weighted by atomic mass is 16.1. The van der Waals surface area contributed by atoms with Crippen LogP contribution in [0.25, 0.3) is 0 Å². The third kappa shape index (κ3) is 4.81. The van der Waals surface area contributed by atoms with Gasteiger partial charge in [0.25, 0.3) is 0 Å². The summed E-state index contributed by atoms with van der Waals surface area (Å²) in [6, 6.07) is 0. The SMILES string of the molecule is CC(=O)[C@H]1CC[C@H]2[C@@H]3CCC4=CC(=O)CC(C5CCCCC5C5CC(=O)C=C6CC[C@H]7[C@@H]8CC[C@H](C(C)=O)[C@@]8(C)CC[C@@H]7[C@@]65C)[C@@]4(C)[C@H]3CC[C@]12C. The van der Waals surface area contributed by atoms with Crippen molar-refractivity contribution in [3.05, 3.63) is 23.3 Å². The number of Topliss-reactive ketones (excluding diaryl/α,β-unsaturated/α-hetero) is 2. The van der Waals surface area contributed by atoms with Crippen molar-refractivity contribution in [3.8, 4) is 0 Å². The Kier molecular flexibility index (Phi) is 8.50. The van der Waals surface area contributed by atoms with Gasteiger partial charge < -0.3 is 0 Å². The van der Waals surface area contributed by atoms with E-state index in [9.17, 15) is 19.2 Å². The molecule has 284 valence electrons. The van der Waals surface area contributed by atoms with E-state index in [1.54, 1.807) is 0 Å². The maximum absolute atomic E-state index is 13.8. The first-order valence-electron chi connectivity index (χ1n) is 22.2. The van der Waals surface area contributed by atoms with Crippen molar-refractivity contribution in [2.24, 2.45) is 92.7 Å². The van der Waals surface area contributed by atoms with Crippen LogP contribution in [0.5, 0.6) is 0 Å². The van der Waals surface area contributed by atoms with Crippen LogP contribution in [0, 0.1) is 92.7 Å². The van der Waals surface area contributed by atoms with Crippen LogP contribution >= 0.6 is 0 Å². The molecule has 9 aliphatic carbocycles. The average molecular weight is 709 g/mol. The van der Waals surface area contributed by atoms with Crippen LogP contribution in [0.1, 0.15) is 157 Å². The third-order valence-electron chi connectivity index (χ3n) is 20.2. The fourth-order valence-electron chi connectivity index (χ4n) is 18.1. The summed E-state index contributed by atoms with van der Waals surface area (Å²) in [5.74, 6) is 7.31. The van der Waals surface area contributed by atoms with Crippen molar-refractivity contribution >= 4 is 23.1 Å². The zero-order chi connectivity index (χ0) is 36.5. The predicted molar refractivity (Wildman–Crippen MR) is 205 cm³/mol. The van der Waals surface area contributed by atoms with Gasteiger partial charge in [0, 0.05) is 24.7 Å². The lowest BCUT2D eigenvalue weighted by Gasteiger charge is -2.64. The maximum Gasteiger partial charge on any atom is 0.155 e. The number of hydrogen-bond acceptors (Lipinski definition) is 4. The standard InChI is InChI=1S/C48H68O4/c1-27(49)37-15-17-39-35-13-11-29-23-31(51)25-43(47(29,5)41(35)19-21-45(37,39)3)33-9-7-8-10-34(33)44-26-32(52)24-30-12-14-36-40-18-16-38(28(2)50)46(40,4)22-20-42(36)48(30,44)6/h23-24,33-44H,7-22,25-26H2,1-6H3/t33?,34?,35-,36-,37+,38+,39-,40-,41-,42-,43?,44?,45+,46+,47+,48+/m0/s1. The van der Waals surface area contributed by atoms with Crippen LogP contribution in [0.15, 0.2) is 23.3 Å². The summed E-state index contributed by atoms with van der Waals surface area (Å²) in [7, 11) is 0. The van der Waals surface area contributed by atoms with Crippen molar-refractivity contribution in [3.63, 3.8) is 0 Å². The molecule has 0 radical (unpaired) electrons. The minimum atomic E-state index is 0.0261. The van der Waals surface area contributed by atoms with E-state index in [0.717, 1.165) is 38.5 Å². The summed E-state index contributed by atoms with van der Waals surface area (Å²) in [6.07, 6.45) is 24.1. The Bertz CT molecular complexity index is 1500. The number of fused-ring (bicyclic) bond motifs is 10. The lowest BCUT2D eigenvalue weighted by atomic mass is 9.40. The molecule has 0 bridgehead atoms. The van der Waals surface area contributed by atoms with Gasteiger partial charge in [0.05, 0.1) is 0 Å². The van der Waals surface area contributed by atoms with E-state index in [2.05, 4.69) is 39.8 Å². The summed E-state index contributed by atoms with van der Waals surface area (Å²) in [5.41, 5.74) is 3.24. The van der Waals surface area contributed by atoms with Gasteiger partial charge in [0.2, 0.25) is 0 Å². The first-order valence-corrected chi connectivity index (χ1v) is 22.2. The van der Waals surface area contributed by atoms with Gasteiger partial charge in [-0.25, -0.2) is 0 Å². The Labute approximate surface area is 314 Å². The van der Waals surface area contributed by atoms with E-state index in [-0.39, 0.29) is 33.5 Å². The second-order valence-corrected chi connectivity index (χ2v) is 21.5. The molecule has 0 aliphatic heterocycles. The van der Waals surface area contributed by atoms with Crippen LogP contribution in [-0.4, -0.2) is 23.1 Å². The average Bonchev–Trinajstić information content (AvgIpc) is 3.65. The Balaban J connectivity index is 1.07. The monoisotopic (exact) mass is 709 g/mol. The molecular weight excluding hydrogens is 641 g/mol. The molecule has 4 nitrogen and oxygen atoms in total. The Morgan fingerprint density at radius 2 is 0.904 bits per heavy atom. The van der Waals surface area contributed by atoms with Gasteiger partial charge in [-0.15, -0.1) is 0 Å². The fourth-order valence-corrected chi connectivity index (χ4v) is 18.1. The smallest absolute Gasteiger partial charge is 0.155 e. The van der Waals surface area contributed by atoms with E-state index in [0.29, 0.717) is 95.2 Å². The highest BCUT2D eigenvalue weighted by molar-refractivity contribution is 5.93. The lowest BCUT2D eigenvalue weighted by molar-refractivity contribution is -0.140. The van der Waals surface area contributed by atoms with E-state index < -0.39 is 0 Å². The molecule has 0 aromatic rings. The molecule has 0 saturated heterocycles. The van der Waals surface area contributed by atoms with Crippen LogP contribution in [-0.2, 0) is 19.2 Å². The number of carbonyl (C=O) groups is 4. The normalized spacial score (nSPS) is 52.6. The molecular formula is C48H68O4. The molecule has 0 heterocycles. The van der Waals surface area contributed by atoms with Crippen molar-refractivity contribution in [2.45, 2.75) is 157 Å². The molecule has 0 amide bonds. The molecule has 52 heavy (non-hydrogen) atoms. The molecule has 7 fully saturated rings. The Morgan fingerprint density at radius 1 is 0.500 bits per heavy atom. The quantitative estimate of drug-likeness (QED) is 0.292. The highest BCUT2D eigenvalue weighted by Gasteiger charge is 2.65. The van der Waals surface area contributed by atoms with Gasteiger partial charge in [0.15, 0.2) is 11.6 Å².